The Morgan fingerprint density at radius 1 is 0.609 bits per heavy atom. The van der Waals surface area contributed by atoms with Crippen molar-refractivity contribution < 1.29 is 0 Å². The molecule has 0 N–H and O–H groups in total. The third-order valence-corrected chi connectivity index (χ3v) is 10.3. The lowest BCUT2D eigenvalue weighted by atomic mass is 9.43. The zero-order chi connectivity index (χ0) is 15.7. The largest absolute Gasteiger partial charge is 0.0625 e. The van der Waals surface area contributed by atoms with E-state index in [9.17, 15) is 0 Å². The van der Waals surface area contributed by atoms with Gasteiger partial charge in [0.15, 0.2) is 0 Å². The van der Waals surface area contributed by atoms with Crippen LogP contribution in [0.25, 0.3) is 0 Å². The van der Waals surface area contributed by atoms with Crippen molar-refractivity contribution in [3.63, 3.8) is 0 Å². The van der Waals surface area contributed by atoms with Gasteiger partial charge in [-0.25, -0.2) is 0 Å². The molecule has 0 spiro atoms. The maximum Gasteiger partial charge on any atom is -0.0184 e. The van der Waals surface area contributed by atoms with Crippen LogP contribution >= 0.6 is 0 Å². The fraction of sp³-hybridized carbons (Fsp3) is 1.00. The van der Waals surface area contributed by atoms with Crippen molar-refractivity contribution in [1.82, 2.24) is 0 Å². The SMILES string of the molecule is CC(C)C1CCC(C23CCC(CC2)C3)(C23CCC(CC2)C3)CC1. The van der Waals surface area contributed by atoms with Gasteiger partial charge in [0.1, 0.15) is 0 Å². The van der Waals surface area contributed by atoms with Crippen molar-refractivity contribution in [3.05, 3.63) is 0 Å². The van der Waals surface area contributed by atoms with Gasteiger partial charge in [-0.3, -0.25) is 0 Å². The quantitative estimate of drug-likeness (QED) is 0.527. The fourth-order valence-corrected chi connectivity index (χ4v) is 9.15. The van der Waals surface area contributed by atoms with E-state index in [1.807, 2.05) is 0 Å². The number of rotatable bonds is 3. The van der Waals surface area contributed by atoms with Gasteiger partial charge in [-0.15, -0.1) is 0 Å². The molecule has 0 aromatic heterocycles. The molecule has 4 bridgehead atoms. The zero-order valence-electron chi connectivity index (χ0n) is 15.7. The molecule has 23 heavy (non-hydrogen) atoms. The second-order valence-electron chi connectivity index (χ2n) is 11.0. The second-order valence-corrected chi connectivity index (χ2v) is 11.0. The summed E-state index contributed by atoms with van der Waals surface area (Å²) in [5.74, 6) is 4.21. The lowest BCUT2D eigenvalue weighted by molar-refractivity contribution is -0.121. The molecule has 0 aromatic carbocycles. The summed E-state index contributed by atoms with van der Waals surface area (Å²) in [5, 5.41) is 0. The Bertz CT molecular complexity index is 416. The van der Waals surface area contributed by atoms with Crippen LogP contribution in [0, 0.1) is 39.9 Å². The molecule has 0 radical (unpaired) electrons. The van der Waals surface area contributed by atoms with E-state index in [-0.39, 0.29) is 0 Å². The van der Waals surface area contributed by atoms with Crippen LogP contribution in [0.3, 0.4) is 0 Å². The second kappa shape index (κ2) is 5.01. The molecule has 0 heteroatoms. The van der Waals surface area contributed by atoms with Crippen LogP contribution in [-0.2, 0) is 0 Å². The lowest BCUT2D eigenvalue weighted by Crippen LogP contribution is -2.53. The monoisotopic (exact) mass is 314 g/mol. The Morgan fingerprint density at radius 2 is 1.04 bits per heavy atom. The highest BCUT2D eigenvalue weighted by Gasteiger charge is 2.68. The van der Waals surface area contributed by atoms with Crippen LogP contribution in [0.4, 0.5) is 0 Å². The van der Waals surface area contributed by atoms with Gasteiger partial charge >= 0.3 is 0 Å². The van der Waals surface area contributed by atoms with Gasteiger partial charge in [-0.1, -0.05) is 13.8 Å². The van der Waals surface area contributed by atoms with Crippen molar-refractivity contribution >= 4 is 0 Å². The Kier molecular flexibility index (Phi) is 3.33. The highest BCUT2D eigenvalue weighted by atomic mass is 14.7. The molecule has 5 aliphatic rings. The minimum atomic E-state index is 0.780. The van der Waals surface area contributed by atoms with E-state index in [0.29, 0.717) is 0 Å². The molecule has 5 saturated carbocycles. The number of fused-ring (bicyclic) bond motifs is 4. The average molecular weight is 315 g/mol. The Labute approximate surface area is 144 Å². The van der Waals surface area contributed by atoms with Gasteiger partial charge in [0, 0.05) is 0 Å². The topological polar surface area (TPSA) is 0 Å². The van der Waals surface area contributed by atoms with Crippen LogP contribution < -0.4 is 0 Å². The first-order valence-corrected chi connectivity index (χ1v) is 11.1. The molecule has 0 amide bonds. The van der Waals surface area contributed by atoms with Crippen LogP contribution in [0.5, 0.6) is 0 Å². The molecule has 5 aliphatic carbocycles. The average Bonchev–Trinajstić information content (AvgIpc) is 3.35. The van der Waals surface area contributed by atoms with Gasteiger partial charge in [0.25, 0.3) is 0 Å². The first-order valence-electron chi connectivity index (χ1n) is 11.1. The summed E-state index contributed by atoms with van der Waals surface area (Å²) < 4.78 is 0. The third-order valence-electron chi connectivity index (χ3n) is 10.3. The smallest absolute Gasteiger partial charge is 0.0184 e. The van der Waals surface area contributed by atoms with Gasteiger partial charge < -0.3 is 0 Å². The standard InChI is InChI=1S/C23H38/c1-17(2)20-7-13-23(14-8-20,21-9-3-18(15-21)4-10-21)22-11-5-19(16-22)6-12-22/h17-20H,3-16H2,1-2H3. The highest BCUT2D eigenvalue weighted by molar-refractivity contribution is 5.17. The maximum absolute atomic E-state index is 2.48. The van der Waals surface area contributed by atoms with Gasteiger partial charge in [0.2, 0.25) is 0 Å². The Hall–Kier alpha value is 0. The van der Waals surface area contributed by atoms with E-state index in [0.717, 1.165) is 39.9 Å². The molecule has 5 rings (SSSR count). The molecular formula is C23H38. The van der Waals surface area contributed by atoms with Crippen molar-refractivity contribution in [2.45, 2.75) is 104 Å². The number of hydrogen-bond acceptors (Lipinski definition) is 0. The van der Waals surface area contributed by atoms with E-state index in [1.54, 1.807) is 89.9 Å². The van der Waals surface area contributed by atoms with Gasteiger partial charge in [-0.05, 0) is 130 Å². The molecule has 0 heterocycles. The summed E-state index contributed by atoms with van der Waals surface area (Å²) >= 11 is 0. The van der Waals surface area contributed by atoms with Crippen LogP contribution in [-0.4, -0.2) is 0 Å². The van der Waals surface area contributed by atoms with Crippen molar-refractivity contribution in [2.75, 3.05) is 0 Å². The van der Waals surface area contributed by atoms with Gasteiger partial charge in [-0.2, -0.15) is 0 Å². The fourth-order valence-electron chi connectivity index (χ4n) is 9.15. The van der Waals surface area contributed by atoms with Crippen molar-refractivity contribution in [3.8, 4) is 0 Å². The molecule has 0 aliphatic heterocycles. The minimum Gasteiger partial charge on any atom is -0.0625 e. The summed E-state index contributed by atoms with van der Waals surface area (Å²) in [6.45, 7) is 4.97. The molecule has 0 atom stereocenters. The molecule has 5 fully saturated rings. The zero-order valence-corrected chi connectivity index (χ0v) is 15.7. The third kappa shape index (κ3) is 1.90. The number of hydrogen-bond donors (Lipinski definition) is 0. The highest BCUT2D eigenvalue weighted by Crippen LogP contribution is 2.77. The van der Waals surface area contributed by atoms with E-state index in [4.69, 9.17) is 0 Å². The molecule has 130 valence electrons. The van der Waals surface area contributed by atoms with E-state index >= 15 is 0 Å². The predicted molar refractivity (Wildman–Crippen MR) is 97.2 cm³/mol. The van der Waals surface area contributed by atoms with Crippen LogP contribution in [0.1, 0.15) is 104 Å². The summed E-state index contributed by atoms with van der Waals surface area (Å²) in [5.41, 5.74) is 2.39. The lowest BCUT2D eigenvalue weighted by Gasteiger charge is -2.61. The van der Waals surface area contributed by atoms with E-state index in [1.165, 1.54) is 0 Å². The Balaban J connectivity index is 1.52. The summed E-state index contributed by atoms with van der Waals surface area (Å²) in [7, 11) is 0. The van der Waals surface area contributed by atoms with Crippen LogP contribution in [0.2, 0.25) is 0 Å². The minimum absolute atomic E-state index is 0.780. The summed E-state index contributed by atoms with van der Waals surface area (Å²) in [6, 6.07) is 0. The molecule has 0 nitrogen and oxygen atoms in total. The first-order chi connectivity index (χ1) is 11.1. The van der Waals surface area contributed by atoms with Crippen LogP contribution in [0.15, 0.2) is 0 Å². The molecule has 0 aromatic rings. The summed E-state index contributed by atoms with van der Waals surface area (Å²) in [4.78, 5) is 0. The van der Waals surface area contributed by atoms with Crippen molar-refractivity contribution in [1.29, 1.82) is 0 Å². The molecule has 0 saturated heterocycles. The Morgan fingerprint density at radius 3 is 1.35 bits per heavy atom. The van der Waals surface area contributed by atoms with Gasteiger partial charge in [0.05, 0.1) is 0 Å². The normalized spacial score (nSPS) is 55.2. The molecular weight excluding hydrogens is 276 g/mol. The van der Waals surface area contributed by atoms with E-state index in [2.05, 4.69) is 13.8 Å². The predicted octanol–water partition coefficient (Wildman–Crippen LogP) is 6.98. The van der Waals surface area contributed by atoms with Crippen molar-refractivity contribution in [2.24, 2.45) is 39.9 Å². The van der Waals surface area contributed by atoms with E-state index < -0.39 is 0 Å². The maximum atomic E-state index is 2.48. The molecule has 0 unspecified atom stereocenters. The first kappa shape index (κ1) is 15.3. The summed E-state index contributed by atoms with van der Waals surface area (Å²) in [6.07, 6.45) is 22.5.